The van der Waals surface area contributed by atoms with Gasteiger partial charge in [0.25, 0.3) is 0 Å². The molecule has 0 spiro atoms. The maximum atomic E-state index is 11.5. The average Bonchev–Trinajstić information content (AvgIpc) is 2.53. The molecule has 0 radical (unpaired) electrons. The van der Waals surface area contributed by atoms with Crippen molar-refractivity contribution in [2.75, 3.05) is 0 Å². The third-order valence-corrected chi connectivity index (χ3v) is 4.14. The number of carbonyl (C=O) groups excluding carboxylic acids is 3. The van der Waals surface area contributed by atoms with E-state index in [1.54, 1.807) is 0 Å². The Morgan fingerprint density at radius 2 is 1.05 bits per heavy atom. The number of ketones is 3. The molecule has 0 N–H and O–H groups in total. The molecule has 0 aromatic rings. The molecule has 0 aliphatic carbocycles. The van der Waals surface area contributed by atoms with Crippen LogP contribution in [0.5, 0.6) is 0 Å². The first-order valence-corrected chi connectivity index (χ1v) is 7.39. The van der Waals surface area contributed by atoms with Gasteiger partial charge in [0, 0.05) is 19.3 Å². The van der Waals surface area contributed by atoms with Crippen LogP contribution in [-0.4, -0.2) is 17.3 Å². The molecule has 116 valence electrons. The summed E-state index contributed by atoms with van der Waals surface area (Å²) in [4.78, 5) is 34.4. The summed E-state index contributed by atoms with van der Waals surface area (Å²) >= 11 is 0. The van der Waals surface area contributed by atoms with Crippen molar-refractivity contribution in [2.24, 2.45) is 5.41 Å². The van der Waals surface area contributed by atoms with Gasteiger partial charge in [-0.3, -0.25) is 14.4 Å². The molecule has 0 atom stereocenters. The summed E-state index contributed by atoms with van der Waals surface area (Å²) in [5.41, 5.74) is -0.171. The Hall–Kier alpha value is -1.77. The molecule has 0 bridgehead atoms. The molecule has 0 saturated heterocycles. The zero-order valence-corrected chi connectivity index (χ0v) is 13.0. The molecular formula is C18H26O3. The van der Waals surface area contributed by atoms with Crippen LogP contribution >= 0.6 is 0 Å². The Morgan fingerprint density at radius 3 is 1.24 bits per heavy atom. The first-order valence-electron chi connectivity index (χ1n) is 7.39. The molecular weight excluding hydrogens is 264 g/mol. The van der Waals surface area contributed by atoms with Crippen LogP contribution in [0.4, 0.5) is 0 Å². The number of carbonyl (C=O) groups is 3. The minimum atomic E-state index is -0.171. The molecule has 0 aliphatic heterocycles. The monoisotopic (exact) mass is 290 g/mol. The Kier molecular flexibility index (Phi) is 9.18. The topological polar surface area (TPSA) is 51.2 Å². The smallest absolute Gasteiger partial charge is 0.155 e. The predicted molar refractivity (Wildman–Crippen MR) is 86.0 cm³/mol. The van der Waals surface area contributed by atoms with Crippen LogP contribution in [-0.2, 0) is 14.4 Å². The van der Waals surface area contributed by atoms with Crippen molar-refractivity contribution in [3.05, 3.63) is 38.0 Å². The van der Waals surface area contributed by atoms with E-state index in [-0.39, 0.29) is 22.8 Å². The molecule has 0 rings (SSSR count). The molecule has 0 amide bonds. The van der Waals surface area contributed by atoms with Crippen LogP contribution in [0.2, 0.25) is 0 Å². The van der Waals surface area contributed by atoms with Crippen molar-refractivity contribution < 1.29 is 14.4 Å². The van der Waals surface area contributed by atoms with E-state index in [1.165, 1.54) is 18.2 Å². The highest BCUT2D eigenvalue weighted by molar-refractivity contribution is 5.90. The van der Waals surface area contributed by atoms with E-state index in [2.05, 4.69) is 19.7 Å². The number of allylic oxidation sites excluding steroid dienone is 3. The van der Waals surface area contributed by atoms with Gasteiger partial charge in [0.15, 0.2) is 17.3 Å². The van der Waals surface area contributed by atoms with Crippen molar-refractivity contribution in [1.29, 1.82) is 0 Å². The van der Waals surface area contributed by atoms with Crippen molar-refractivity contribution >= 4 is 17.3 Å². The molecule has 0 saturated carbocycles. The van der Waals surface area contributed by atoms with Crippen molar-refractivity contribution in [1.82, 2.24) is 0 Å². The quantitative estimate of drug-likeness (QED) is 0.482. The Labute approximate surface area is 127 Å². The summed E-state index contributed by atoms with van der Waals surface area (Å²) in [6.07, 6.45) is 8.02. The van der Waals surface area contributed by atoms with E-state index in [4.69, 9.17) is 0 Å². The van der Waals surface area contributed by atoms with Gasteiger partial charge in [0.1, 0.15) is 0 Å². The largest absolute Gasteiger partial charge is 0.295 e. The second-order valence-corrected chi connectivity index (χ2v) is 5.36. The molecule has 0 heterocycles. The third-order valence-electron chi connectivity index (χ3n) is 4.14. The molecule has 0 aromatic carbocycles. The summed E-state index contributed by atoms with van der Waals surface area (Å²) in [6, 6.07) is 0. The van der Waals surface area contributed by atoms with Gasteiger partial charge in [0.05, 0.1) is 0 Å². The van der Waals surface area contributed by atoms with Crippen LogP contribution < -0.4 is 0 Å². The van der Waals surface area contributed by atoms with E-state index < -0.39 is 0 Å². The standard InChI is InChI=1S/C18H26O3/c1-5-15(19)9-12-18(8-4,13-10-16(20)6-2)14-11-17(21)7-3/h5-7H,1-3,8-14H2,4H3. The van der Waals surface area contributed by atoms with Gasteiger partial charge in [-0.1, -0.05) is 33.1 Å². The summed E-state index contributed by atoms with van der Waals surface area (Å²) < 4.78 is 0. The zero-order chi connectivity index (χ0) is 16.3. The van der Waals surface area contributed by atoms with Gasteiger partial charge >= 0.3 is 0 Å². The Morgan fingerprint density at radius 1 is 0.762 bits per heavy atom. The molecule has 0 unspecified atom stereocenters. The average molecular weight is 290 g/mol. The fraction of sp³-hybridized carbons (Fsp3) is 0.500. The summed E-state index contributed by atoms with van der Waals surface area (Å²) in [5.74, 6) is -0.00578. The molecule has 3 nitrogen and oxygen atoms in total. The number of hydrogen-bond donors (Lipinski definition) is 0. The van der Waals surface area contributed by atoms with Crippen molar-refractivity contribution in [3.63, 3.8) is 0 Å². The van der Waals surface area contributed by atoms with Crippen LogP contribution in [0.1, 0.15) is 51.9 Å². The van der Waals surface area contributed by atoms with Crippen LogP contribution in [0, 0.1) is 5.41 Å². The molecule has 21 heavy (non-hydrogen) atoms. The molecule has 3 heteroatoms. The fourth-order valence-electron chi connectivity index (χ4n) is 2.38. The van der Waals surface area contributed by atoms with Gasteiger partial charge in [-0.25, -0.2) is 0 Å². The Bertz CT molecular complexity index is 358. The molecule has 0 aromatic heterocycles. The first-order chi connectivity index (χ1) is 9.92. The maximum absolute atomic E-state index is 11.5. The van der Waals surface area contributed by atoms with Gasteiger partial charge in [-0.2, -0.15) is 0 Å². The SMILES string of the molecule is C=CC(=O)CCC(CC)(CCC(=O)C=C)CCC(=O)C=C. The second kappa shape index (κ2) is 10.0. The lowest BCUT2D eigenvalue weighted by atomic mass is 9.72. The minimum absolute atomic E-state index is 0.00193. The van der Waals surface area contributed by atoms with Crippen molar-refractivity contribution in [2.45, 2.75) is 51.9 Å². The van der Waals surface area contributed by atoms with Gasteiger partial charge in [-0.05, 0) is 42.9 Å². The summed E-state index contributed by atoms with van der Waals surface area (Å²) in [6.45, 7) is 12.5. The zero-order valence-electron chi connectivity index (χ0n) is 13.0. The summed E-state index contributed by atoms with van der Waals surface area (Å²) in [5, 5.41) is 0. The van der Waals surface area contributed by atoms with E-state index in [1.807, 2.05) is 6.92 Å². The van der Waals surface area contributed by atoms with Crippen LogP contribution in [0.25, 0.3) is 0 Å². The van der Waals surface area contributed by atoms with E-state index in [0.717, 1.165) is 6.42 Å². The normalized spacial score (nSPS) is 10.7. The van der Waals surface area contributed by atoms with E-state index in [0.29, 0.717) is 38.5 Å². The lowest BCUT2D eigenvalue weighted by Crippen LogP contribution is -2.23. The fourth-order valence-corrected chi connectivity index (χ4v) is 2.38. The van der Waals surface area contributed by atoms with Crippen LogP contribution in [0.3, 0.4) is 0 Å². The van der Waals surface area contributed by atoms with Crippen LogP contribution in [0.15, 0.2) is 38.0 Å². The predicted octanol–water partition coefficient (Wildman–Crippen LogP) is 3.99. The van der Waals surface area contributed by atoms with Crippen molar-refractivity contribution in [3.8, 4) is 0 Å². The van der Waals surface area contributed by atoms with E-state index in [9.17, 15) is 14.4 Å². The molecule has 0 aliphatic rings. The second-order valence-electron chi connectivity index (χ2n) is 5.36. The highest BCUT2D eigenvalue weighted by Gasteiger charge is 2.29. The lowest BCUT2D eigenvalue weighted by molar-refractivity contribution is -0.115. The van der Waals surface area contributed by atoms with Gasteiger partial charge in [-0.15, -0.1) is 0 Å². The van der Waals surface area contributed by atoms with E-state index >= 15 is 0 Å². The highest BCUT2D eigenvalue weighted by atomic mass is 16.1. The highest BCUT2D eigenvalue weighted by Crippen LogP contribution is 2.38. The number of hydrogen-bond acceptors (Lipinski definition) is 3. The summed E-state index contributed by atoms with van der Waals surface area (Å²) in [7, 11) is 0. The third kappa shape index (κ3) is 7.54. The lowest BCUT2D eigenvalue weighted by Gasteiger charge is -2.32. The maximum Gasteiger partial charge on any atom is 0.155 e. The Balaban J connectivity index is 4.87. The van der Waals surface area contributed by atoms with Gasteiger partial charge < -0.3 is 0 Å². The first kappa shape index (κ1) is 19.2. The number of rotatable bonds is 13. The van der Waals surface area contributed by atoms with Gasteiger partial charge in [0.2, 0.25) is 0 Å². The minimum Gasteiger partial charge on any atom is -0.295 e. The molecule has 0 fully saturated rings.